The quantitative estimate of drug-likeness (QED) is 0.129. The Kier molecular flexibility index (Phi) is 8.17. The lowest BCUT2D eigenvalue weighted by atomic mass is 9.78. The molecule has 1 aromatic heterocycles. The normalized spacial score (nSPS) is 23.3. The molecule has 5 unspecified atom stereocenters. The Bertz CT molecular complexity index is 1530. The van der Waals surface area contributed by atoms with E-state index in [-0.39, 0.29) is 70.7 Å². The van der Waals surface area contributed by atoms with E-state index in [4.69, 9.17) is 14.2 Å². The molecule has 5 atom stereocenters. The summed E-state index contributed by atoms with van der Waals surface area (Å²) in [5.41, 5.74) is 0.552. The van der Waals surface area contributed by atoms with Crippen molar-refractivity contribution in [3.05, 3.63) is 75.6 Å². The van der Waals surface area contributed by atoms with Crippen LogP contribution in [0.1, 0.15) is 68.8 Å². The molecule has 0 amide bonds. The standard InChI is InChI=1S/C30H31NO11/c1-13-23(34)27(38)28(39)30(40-13)42-29-18(4-3-9-32)25(36)22-21(20(29)10-15-7-8-31-12-15)26(37)19-11-16(41-14(2)33)5-6-17(19)24(22)35/h5-8,11-13,23,27-28,30-32,34,36,38-39H,3-4,9-10H2,1-2H3. The Morgan fingerprint density at radius 3 is 2.40 bits per heavy atom. The summed E-state index contributed by atoms with van der Waals surface area (Å²) in [5.74, 6) is -2.44. The molecule has 2 heterocycles. The molecule has 1 saturated heterocycles. The van der Waals surface area contributed by atoms with Crippen LogP contribution >= 0.6 is 0 Å². The molecule has 1 aliphatic carbocycles. The lowest BCUT2D eigenvalue weighted by molar-refractivity contribution is -0.268. The number of carbonyl (C=O) groups is 3. The number of phenols is 1. The van der Waals surface area contributed by atoms with Gasteiger partial charge in [0.15, 0.2) is 11.6 Å². The average molecular weight is 582 g/mol. The Balaban J connectivity index is 1.74. The second kappa shape index (κ2) is 11.7. The minimum absolute atomic E-state index is 0.00467. The number of fused-ring (bicyclic) bond motifs is 2. The van der Waals surface area contributed by atoms with Crippen LogP contribution < -0.4 is 9.47 Å². The fourth-order valence-corrected chi connectivity index (χ4v) is 5.40. The summed E-state index contributed by atoms with van der Waals surface area (Å²) in [7, 11) is 0. The molecule has 5 rings (SSSR count). The number of aliphatic hydroxyl groups is 4. The van der Waals surface area contributed by atoms with Crippen LogP contribution in [0.5, 0.6) is 17.2 Å². The lowest BCUT2D eigenvalue weighted by Crippen LogP contribution is -2.58. The summed E-state index contributed by atoms with van der Waals surface area (Å²) in [5, 5.41) is 52.4. The molecule has 12 heteroatoms. The third-order valence-electron chi connectivity index (χ3n) is 7.49. The number of aliphatic hydroxyl groups excluding tert-OH is 4. The van der Waals surface area contributed by atoms with Gasteiger partial charge in [-0.05, 0) is 49.6 Å². The summed E-state index contributed by atoms with van der Waals surface area (Å²) in [6.45, 7) is 2.42. The molecule has 2 aromatic carbocycles. The van der Waals surface area contributed by atoms with Gasteiger partial charge in [0.05, 0.1) is 11.7 Å². The van der Waals surface area contributed by atoms with Gasteiger partial charge in [0, 0.05) is 60.2 Å². The van der Waals surface area contributed by atoms with Crippen molar-refractivity contribution in [3.8, 4) is 17.2 Å². The third-order valence-corrected chi connectivity index (χ3v) is 7.49. The number of H-pyrrole nitrogens is 1. The molecule has 0 spiro atoms. The molecule has 0 radical (unpaired) electrons. The first-order chi connectivity index (χ1) is 20.0. The average Bonchev–Trinajstić information content (AvgIpc) is 3.47. The smallest absolute Gasteiger partial charge is 0.308 e. The van der Waals surface area contributed by atoms with Gasteiger partial charge < -0.3 is 44.7 Å². The lowest BCUT2D eigenvalue weighted by Gasteiger charge is -2.39. The molecule has 222 valence electrons. The Morgan fingerprint density at radius 1 is 1.00 bits per heavy atom. The predicted octanol–water partition coefficient (Wildman–Crippen LogP) is 1.14. The molecule has 42 heavy (non-hydrogen) atoms. The zero-order chi connectivity index (χ0) is 30.3. The molecule has 6 N–H and O–H groups in total. The van der Waals surface area contributed by atoms with Crippen LogP contribution in [0, 0.1) is 0 Å². The first-order valence-electron chi connectivity index (χ1n) is 13.4. The maximum Gasteiger partial charge on any atom is 0.308 e. The molecule has 3 aromatic rings. The second-order valence-electron chi connectivity index (χ2n) is 10.4. The van der Waals surface area contributed by atoms with Crippen molar-refractivity contribution in [2.45, 2.75) is 63.8 Å². The minimum Gasteiger partial charge on any atom is -0.507 e. The number of ketones is 2. The van der Waals surface area contributed by atoms with Crippen LogP contribution in [0.25, 0.3) is 0 Å². The first kappa shape index (κ1) is 29.4. The van der Waals surface area contributed by atoms with Crippen molar-refractivity contribution in [3.63, 3.8) is 0 Å². The van der Waals surface area contributed by atoms with Crippen molar-refractivity contribution in [2.75, 3.05) is 6.61 Å². The minimum atomic E-state index is -1.70. The van der Waals surface area contributed by atoms with Gasteiger partial charge in [-0.1, -0.05) is 0 Å². The molecule has 12 nitrogen and oxygen atoms in total. The zero-order valence-electron chi connectivity index (χ0n) is 22.9. The van der Waals surface area contributed by atoms with E-state index >= 15 is 0 Å². The highest BCUT2D eigenvalue weighted by atomic mass is 16.7. The molecule has 2 aliphatic rings. The number of aromatic nitrogens is 1. The number of hydrogen-bond acceptors (Lipinski definition) is 11. The van der Waals surface area contributed by atoms with E-state index in [1.165, 1.54) is 32.0 Å². The maximum atomic E-state index is 14.1. The fraction of sp³-hybridized carbons (Fsp3) is 0.367. The van der Waals surface area contributed by atoms with Gasteiger partial charge in [-0.15, -0.1) is 0 Å². The van der Waals surface area contributed by atoms with Gasteiger partial charge in [-0.3, -0.25) is 14.4 Å². The highest BCUT2D eigenvalue weighted by Gasteiger charge is 2.45. The summed E-state index contributed by atoms with van der Waals surface area (Å²) < 4.78 is 16.9. The van der Waals surface area contributed by atoms with E-state index in [2.05, 4.69) is 4.98 Å². The molecular weight excluding hydrogens is 550 g/mol. The summed E-state index contributed by atoms with van der Waals surface area (Å²) in [6.07, 6.45) is -3.63. The van der Waals surface area contributed by atoms with E-state index < -0.39 is 54.0 Å². The van der Waals surface area contributed by atoms with Gasteiger partial charge in [-0.25, -0.2) is 0 Å². The van der Waals surface area contributed by atoms with Gasteiger partial charge >= 0.3 is 5.97 Å². The van der Waals surface area contributed by atoms with Crippen molar-refractivity contribution < 1.29 is 54.1 Å². The Hall–Kier alpha value is -4.07. The highest BCUT2D eigenvalue weighted by molar-refractivity contribution is 6.30. The SMILES string of the molecule is CC(=O)Oc1ccc2c(c1)C(=O)c1c(Cc3cc[nH]c3)c(OC3OC(C)C(O)C(O)C3O)c(CCCO)c(O)c1C2=O. The molecule has 0 saturated carbocycles. The van der Waals surface area contributed by atoms with Crippen LogP contribution in [-0.2, 0) is 22.4 Å². The largest absolute Gasteiger partial charge is 0.507 e. The number of rotatable bonds is 8. The van der Waals surface area contributed by atoms with Crippen LogP contribution in [0.15, 0.2) is 36.7 Å². The number of ether oxygens (including phenoxy) is 3. The Labute approximate surface area is 240 Å². The van der Waals surface area contributed by atoms with Crippen LogP contribution in [0.3, 0.4) is 0 Å². The van der Waals surface area contributed by atoms with Crippen molar-refractivity contribution in [1.29, 1.82) is 0 Å². The maximum absolute atomic E-state index is 14.1. The zero-order valence-corrected chi connectivity index (χ0v) is 22.9. The first-order valence-corrected chi connectivity index (χ1v) is 13.4. The second-order valence-corrected chi connectivity index (χ2v) is 10.4. The monoisotopic (exact) mass is 581 g/mol. The van der Waals surface area contributed by atoms with Gasteiger partial charge in [-0.2, -0.15) is 0 Å². The number of esters is 1. The van der Waals surface area contributed by atoms with Gasteiger partial charge in [0.1, 0.15) is 35.6 Å². The van der Waals surface area contributed by atoms with E-state index in [0.717, 1.165) is 0 Å². The van der Waals surface area contributed by atoms with Crippen molar-refractivity contribution in [2.24, 2.45) is 0 Å². The van der Waals surface area contributed by atoms with E-state index in [9.17, 15) is 39.9 Å². The summed E-state index contributed by atoms with van der Waals surface area (Å²) >= 11 is 0. The number of aromatic amines is 1. The molecule has 0 bridgehead atoms. The topological polar surface area (TPSA) is 196 Å². The number of aromatic hydroxyl groups is 1. The van der Waals surface area contributed by atoms with Crippen LogP contribution in [-0.4, -0.2) is 85.4 Å². The van der Waals surface area contributed by atoms with Crippen molar-refractivity contribution in [1.82, 2.24) is 4.98 Å². The number of phenolic OH excluding ortho intramolecular Hbond substituents is 1. The predicted molar refractivity (Wildman–Crippen MR) is 145 cm³/mol. The van der Waals surface area contributed by atoms with E-state index in [1.807, 2.05) is 0 Å². The van der Waals surface area contributed by atoms with Gasteiger partial charge in [0.2, 0.25) is 6.29 Å². The number of carbonyl (C=O) groups excluding carboxylic acids is 3. The number of nitrogens with one attached hydrogen (secondary N) is 1. The summed E-state index contributed by atoms with van der Waals surface area (Å²) in [6, 6.07) is 5.75. The number of hydrogen-bond donors (Lipinski definition) is 6. The van der Waals surface area contributed by atoms with E-state index in [1.54, 1.807) is 18.5 Å². The molecular formula is C30H31NO11. The molecule has 1 aliphatic heterocycles. The van der Waals surface area contributed by atoms with Crippen LogP contribution in [0.2, 0.25) is 0 Å². The van der Waals surface area contributed by atoms with Crippen molar-refractivity contribution >= 4 is 17.5 Å². The fourth-order valence-electron chi connectivity index (χ4n) is 5.40. The third kappa shape index (κ3) is 5.19. The Morgan fingerprint density at radius 2 is 1.74 bits per heavy atom. The van der Waals surface area contributed by atoms with Gasteiger partial charge in [0.25, 0.3) is 0 Å². The molecule has 1 fully saturated rings. The number of benzene rings is 2. The summed E-state index contributed by atoms with van der Waals surface area (Å²) in [4.78, 5) is 42.4. The van der Waals surface area contributed by atoms with Crippen LogP contribution in [0.4, 0.5) is 0 Å². The van der Waals surface area contributed by atoms with E-state index in [0.29, 0.717) is 5.56 Å². The highest BCUT2D eigenvalue weighted by Crippen LogP contribution is 2.46.